The van der Waals surface area contributed by atoms with Gasteiger partial charge in [-0.3, -0.25) is 0 Å². The second-order valence-electron chi connectivity index (χ2n) is 2.97. The number of phenols is 1. The summed E-state index contributed by atoms with van der Waals surface area (Å²) in [6, 6.07) is 10.4. The maximum atomic E-state index is 9.58. The molecule has 6 heteroatoms. The van der Waals surface area contributed by atoms with Crippen LogP contribution in [-0.4, -0.2) is 20.8 Å². The third-order valence-electron chi connectivity index (χ3n) is 1.99. The van der Waals surface area contributed by atoms with Crippen LogP contribution in [0.25, 0.3) is 11.3 Å². The molecule has 6 N–H and O–H groups in total. The molecule has 0 aliphatic carbocycles. The molecule has 0 spiro atoms. The summed E-state index contributed by atoms with van der Waals surface area (Å²) in [5, 5.41) is 17.3. The normalized spacial score (nSPS) is 9.31. The van der Waals surface area contributed by atoms with Gasteiger partial charge in [0.1, 0.15) is 5.75 Å². The van der Waals surface area contributed by atoms with E-state index in [0.717, 1.165) is 0 Å². The minimum atomic E-state index is 0. The zero-order chi connectivity index (χ0) is 10.7. The summed E-state index contributed by atoms with van der Waals surface area (Å²) in [5.41, 5.74) is 3.63. The second-order valence-corrected chi connectivity index (χ2v) is 2.97. The van der Waals surface area contributed by atoms with Crippen LogP contribution in [0.1, 0.15) is 0 Å². The number of para-hydroxylation sites is 1. The lowest BCUT2D eigenvalue weighted by Gasteiger charge is -2.03. The van der Waals surface area contributed by atoms with E-state index < -0.39 is 0 Å². The highest BCUT2D eigenvalue weighted by Crippen LogP contribution is 2.26. The predicted octanol–water partition coefficient (Wildman–Crippen LogP) is 0.310. The molecule has 0 fully saturated rings. The first-order valence-electron chi connectivity index (χ1n) is 4.40. The Labute approximate surface area is 92.0 Å². The highest BCUT2D eigenvalue weighted by molar-refractivity contribution is 5.66. The number of phenolic OH excluding ortho intramolecular Hbond substituents is 1. The fourth-order valence-electron chi connectivity index (χ4n) is 1.24. The molecule has 2 aromatic rings. The topological polar surface area (TPSA) is 116 Å². The van der Waals surface area contributed by atoms with Crippen LogP contribution in [-0.2, 0) is 0 Å². The van der Waals surface area contributed by atoms with Crippen LogP contribution >= 0.6 is 0 Å². The second kappa shape index (κ2) is 5.06. The molecular weight excluding hydrogens is 208 g/mol. The fourth-order valence-corrected chi connectivity index (χ4v) is 1.24. The Morgan fingerprint density at radius 2 is 1.81 bits per heavy atom. The Morgan fingerprint density at radius 1 is 1.06 bits per heavy atom. The first kappa shape index (κ1) is 11.9. The summed E-state index contributed by atoms with van der Waals surface area (Å²) < 4.78 is 0. The lowest BCUT2D eigenvalue weighted by atomic mass is 10.1. The van der Waals surface area contributed by atoms with Gasteiger partial charge < -0.3 is 16.0 Å². The molecule has 1 heterocycles. The molecule has 0 unspecified atom stereocenters. The van der Waals surface area contributed by atoms with Crippen molar-refractivity contribution in [2.75, 3.05) is 5.43 Å². The predicted molar refractivity (Wildman–Crippen MR) is 60.6 cm³/mol. The minimum Gasteiger partial charge on any atom is -0.507 e. The van der Waals surface area contributed by atoms with Crippen molar-refractivity contribution >= 4 is 5.82 Å². The molecule has 0 amide bonds. The number of rotatable bonds is 2. The van der Waals surface area contributed by atoms with Crippen molar-refractivity contribution in [3.63, 3.8) is 0 Å². The van der Waals surface area contributed by atoms with Gasteiger partial charge in [0, 0.05) is 5.56 Å². The van der Waals surface area contributed by atoms with Crippen molar-refractivity contribution in [3.8, 4) is 17.0 Å². The van der Waals surface area contributed by atoms with Crippen LogP contribution in [0, 0.1) is 0 Å². The molecule has 1 aromatic carbocycles. The van der Waals surface area contributed by atoms with Crippen molar-refractivity contribution in [2.24, 2.45) is 5.84 Å². The largest absolute Gasteiger partial charge is 0.507 e. The number of nitrogens with two attached hydrogens (primary N) is 1. The average Bonchev–Trinajstić information content (AvgIpc) is 2.30. The van der Waals surface area contributed by atoms with Crippen molar-refractivity contribution in [2.45, 2.75) is 0 Å². The molecule has 6 nitrogen and oxygen atoms in total. The van der Waals surface area contributed by atoms with Gasteiger partial charge in [-0.1, -0.05) is 12.1 Å². The highest BCUT2D eigenvalue weighted by atomic mass is 16.3. The first-order chi connectivity index (χ1) is 7.31. The van der Waals surface area contributed by atoms with Crippen LogP contribution < -0.4 is 11.3 Å². The number of hydrogen-bond donors (Lipinski definition) is 3. The van der Waals surface area contributed by atoms with Crippen molar-refractivity contribution in [3.05, 3.63) is 36.4 Å². The van der Waals surface area contributed by atoms with E-state index in [1.54, 1.807) is 30.3 Å². The summed E-state index contributed by atoms with van der Waals surface area (Å²) in [6.45, 7) is 0. The Balaban J connectivity index is 0.00000128. The van der Waals surface area contributed by atoms with E-state index in [1.165, 1.54) is 0 Å². The Hall–Kier alpha value is -2.18. The van der Waals surface area contributed by atoms with E-state index in [4.69, 9.17) is 5.84 Å². The lowest BCUT2D eigenvalue weighted by Crippen LogP contribution is -2.08. The third kappa shape index (κ3) is 2.25. The molecule has 2 rings (SSSR count). The first-order valence-corrected chi connectivity index (χ1v) is 4.40. The fraction of sp³-hybridized carbons (Fsp3) is 0. The summed E-state index contributed by atoms with van der Waals surface area (Å²) in [6.07, 6.45) is 0. The van der Waals surface area contributed by atoms with Crippen LogP contribution in [0.4, 0.5) is 5.82 Å². The zero-order valence-corrected chi connectivity index (χ0v) is 8.38. The number of hydrazine groups is 1. The van der Waals surface area contributed by atoms with Crippen molar-refractivity contribution in [1.82, 2.24) is 10.2 Å². The molecular formula is C10H12N4O2. The Kier molecular flexibility index (Phi) is 3.76. The van der Waals surface area contributed by atoms with E-state index in [-0.39, 0.29) is 11.2 Å². The Morgan fingerprint density at radius 3 is 2.38 bits per heavy atom. The lowest BCUT2D eigenvalue weighted by molar-refractivity contribution is 0.477. The van der Waals surface area contributed by atoms with Gasteiger partial charge in [0.25, 0.3) is 0 Å². The number of nitrogens with zero attached hydrogens (tertiary/aromatic N) is 2. The van der Waals surface area contributed by atoms with E-state index >= 15 is 0 Å². The van der Waals surface area contributed by atoms with Crippen LogP contribution in [0.3, 0.4) is 0 Å². The van der Waals surface area contributed by atoms with E-state index in [0.29, 0.717) is 17.1 Å². The van der Waals surface area contributed by atoms with E-state index in [1.807, 2.05) is 6.07 Å². The van der Waals surface area contributed by atoms with Gasteiger partial charge in [-0.05, 0) is 24.3 Å². The number of benzene rings is 1. The average molecular weight is 220 g/mol. The van der Waals surface area contributed by atoms with Crippen molar-refractivity contribution in [1.29, 1.82) is 0 Å². The number of nitrogen functional groups attached to an aromatic ring is 1. The standard InChI is InChI=1S/C10H10N4O.H2O/c11-12-10-6-5-8(13-14-10)7-3-1-2-4-9(7)15;/h1-6,15H,11H2,(H,12,14);1H2. The molecule has 0 radical (unpaired) electrons. The van der Waals surface area contributed by atoms with Crippen LogP contribution in [0.15, 0.2) is 36.4 Å². The molecule has 84 valence electrons. The quantitative estimate of drug-likeness (QED) is 0.497. The van der Waals surface area contributed by atoms with Gasteiger partial charge in [0.15, 0.2) is 5.82 Å². The molecule has 0 saturated carbocycles. The van der Waals surface area contributed by atoms with Gasteiger partial charge in [-0.25, -0.2) is 5.84 Å². The molecule has 1 aromatic heterocycles. The molecule has 0 atom stereocenters. The smallest absolute Gasteiger partial charge is 0.162 e. The van der Waals surface area contributed by atoms with Gasteiger partial charge in [-0.15, -0.1) is 10.2 Å². The zero-order valence-electron chi connectivity index (χ0n) is 8.38. The van der Waals surface area contributed by atoms with Gasteiger partial charge in [0.05, 0.1) is 5.69 Å². The number of hydrogen-bond acceptors (Lipinski definition) is 5. The summed E-state index contributed by atoms with van der Waals surface area (Å²) in [4.78, 5) is 0. The number of anilines is 1. The number of aromatic hydroxyl groups is 1. The van der Waals surface area contributed by atoms with Gasteiger partial charge in [-0.2, -0.15) is 0 Å². The summed E-state index contributed by atoms with van der Waals surface area (Å²) >= 11 is 0. The number of nitrogens with one attached hydrogen (secondary N) is 1. The molecule has 16 heavy (non-hydrogen) atoms. The molecule has 0 bridgehead atoms. The molecule has 0 aliphatic heterocycles. The van der Waals surface area contributed by atoms with Gasteiger partial charge >= 0.3 is 0 Å². The van der Waals surface area contributed by atoms with E-state index in [9.17, 15) is 5.11 Å². The van der Waals surface area contributed by atoms with E-state index in [2.05, 4.69) is 15.6 Å². The van der Waals surface area contributed by atoms with Crippen LogP contribution in [0.5, 0.6) is 5.75 Å². The SMILES string of the molecule is NNc1ccc(-c2ccccc2O)nn1.O. The van der Waals surface area contributed by atoms with Crippen molar-refractivity contribution < 1.29 is 10.6 Å². The number of aromatic nitrogens is 2. The maximum Gasteiger partial charge on any atom is 0.162 e. The maximum absolute atomic E-state index is 9.58. The summed E-state index contributed by atoms with van der Waals surface area (Å²) in [5.74, 6) is 5.83. The third-order valence-corrected chi connectivity index (χ3v) is 1.99. The van der Waals surface area contributed by atoms with Crippen LogP contribution in [0.2, 0.25) is 0 Å². The highest BCUT2D eigenvalue weighted by Gasteiger charge is 2.04. The molecule has 0 saturated heterocycles. The monoisotopic (exact) mass is 220 g/mol. The van der Waals surface area contributed by atoms with Gasteiger partial charge in [0.2, 0.25) is 0 Å². The molecule has 0 aliphatic rings. The minimum absolute atomic E-state index is 0. The Bertz CT molecular complexity index is 459. The summed E-state index contributed by atoms with van der Waals surface area (Å²) in [7, 11) is 0.